The molecule has 0 atom stereocenters. The van der Waals surface area contributed by atoms with Crippen LogP contribution in [0.15, 0.2) is 18.3 Å². The van der Waals surface area contributed by atoms with E-state index in [4.69, 9.17) is 15.8 Å². The summed E-state index contributed by atoms with van der Waals surface area (Å²) < 4.78 is 0. The number of aromatic nitrogens is 1. The van der Waals surface area contributed by atoms with Crippen molar-refractivity contribution in [2.75, 3.05) is 19.6 Å². The first-order chi connectivity index (χ1) is 15.5. The fraction of sp³-hybridized carbons (Fsp3) is 0.769. The molecule has 3 aliphatic rings. The summed E-state index contributed by atoms with van der Waals surface area (Å²) in [6.07, 6.45) is 18.2. The van der Waals surface area contributed by atoms with Crippen LogP contribution in [-0.2, 0) is 16.9 Å². The Morgan fingerprint density at radius 1 is 1.09 bits per heavy atom. The lowest BCUT2D eigenvalue weighted by molar-refractivity contribution is -0.139. The highest BCUT2D eigenvalue weighted by Crippen LogP contribution is 2.44. The van der Waals surface area contributed by atoms with Crippen LogP contribution in [0, 0.1) is 0 Å². The molecule has 6 nitrogen and oxygen atoms in total. The number of hydrogen-bond acceptors (Lipinski definition) is 5. The molecule has 0 unspecified atom stereocenters. The minimum atomic E-state index is -0.868. The third-order valence-corrected chi connectivity index (χ3v) is 7.13. The van der Waals surface area contributed by atoms with Crippen LogP contribution in [-0.4, -0.2) is 46.1 Å². The number of carbonyl (C=O) groups is 1. The molecule has 2 heterocycles. The van der Waals surface area contributed by atoms with Crippen molar-refractivity contribution in [3.05, 3.63) is 29.6 Å². The zero-order valence-electron chi connectivity index (χ0n) is 20.1. The predicted molar refractivity (Wildman–Crippen MR) is 129 cm³/mol. The number of carboxylic acids is 1. The number of nitrogens with one attached hydrogen (secondary N) is 1. The van der Waals surface area contributed by atoms with Gasteiger partial charge >= 0.3 is 5.97 Å². The number of hydrogen-bond donors (Lipinski definition) is 3. The van der Waals surface area contributed by atoms with Gasteiger partial charge in [-0.05, 0) is 82.3 Å². The van der Waals surface area contributed by atoms with Gasteiger partial charge in [-0.1, -0.05) is 45.4 Å². The van der Waals surface area contributed by atoms with E-state index in [1.807, 2.05) is 6.20 Å². The second kappa shape index (κ2) is 12.1. The smallest absolute Gasteiger partial charge is 0.323 e. The van der Waals surface area contributed by atoms with E-state index in [1.165, 1.54) is 95.0 Å². The molecular formula is C26H44N4O2. The van der Waals surface area contributed by atoms with E-state index in [0.29, 0.717) is 12.8 Å². The van der Waals surface area contributed by atoms with Crippen LogP contribution in [0.5, 0.6) is 0 Å². The number of nitrogens with two attached hydrogens (primary N) is 1. The summed E-state index contributed by atoms with van der Waals surface area (Å²) in [6.45, 7) is 7.06. The lowest BCUT2D eigenvalue weighted by Crippen LogP contribution is -2.31. The Hall–Kier alpha value is -1.50. The van der Waals surface area contributed by atoms with E-state index in [1.54, 1.807) is 0 Å². The van der Waals surface area contributed by atoms with E-state index in [9.17, 15) is 4.79 Å². The molecule has 1 saturated heterocycles. The first kappa shape index (κ1) is 25.1. The maximum atomic E-state index is 9.96. The molecule has 3 fully saturated rings. The normalized spacial score (nSPS) is 20.4. The van der Waals surface area contributed by atoms with Crippen molar-refractivity contribution in [3.8, 4) is 0 Å². The molecule has 1 aliphatic heterocycles. The molecule has 32 heavy (non-hydrogen) atoms. The summed E-state index contributed by atoms with van der Waals surface area (Å²) in [5.74, 6) is -0.868. The van der Waals surface area contributed by atoms with Gasteiger partial charge in [0.05, 0.1) is 11.2 Å². The summed E-state index contributed by atoms with van der Waals surface area (Å²) in [4.78, 5) is 17.2. The number of carboxylic acid groups (broad SMARTS) is 1. The Morgan fingerprint density at radius 2 is 1.75 bits per heavy atom. The van der Waals surface area contributed by atoms with Crippen LogP contribution in [0.1, 0.15) is 102 Å². The molecule has 0 radical (unpaired) electrons. The highest BCUT2D eigenvalue weighted by Gasteiger charge is 2.46. The third kappa shape index (κ3) is 7.82. The average molecular weight is 445 g/mol. The molecule has 0 bridgehead atoms. The third-order valence-electron chi connectivity index (χ3n) is 7.13. The SMILES string of the molecule is CCCCCCCCCNC1(c2cc(CN3CCCC3)ccn2)CC1.NC1(C(=O)O)CC1. The summed E-state index contributed by atoms with van der Waals surface area (Å²) in [7, 11) is 0. The van der Waals surface area contributed by atoms with Crippen molar-refractivity contribution in [2.45, 2.75) is 108 Å². The highest BCUT2D eigenvalue weighted by atomic mass is 16.4. The van der Waals surface area contributed by atoms with Crippen LogP contribution in [0.4, 0.5) is 0 Å². The standard InChI is InChI=1S/C22H37N3.C4H7NO2/c1-2-3-4-5-6-7-8-14-24-22(12-13-22)21-18-20(11-15-23-21)19-25-16-9-10-17-25;5-4(1-2-4)3(6)7/h11,15,18,24H,2-10,12-14,16-17,19H2,1H3;1-2,5H2,(H,6,7). The Morgan fingerprint density at radius 3 is 2.31 bits per heavy atom. The number of pyridine rings is 1. The van der Waals surface area contributed by atoms with Crippen molar-refractivity contribution < 1.29 is 9.90 Å². The van der Waals surface area contributed by atoms with Crippen LogP contribution in [0.3, 0.4) is 0 Å². The Balaban J connectivity index is 0.000000352. The quantitative estimate of drug-likeness (QED) is 0.386. The highest BCUT2D eigenvalue weighted by molar-refractivity contribution is 5.81. The minimum Gasteiger partial charge on any atom is -0.480 e. The summed E-state index contributed by atoms with van der Waals surface area (Å²) in [5, 5.41) is 12.0. The zero-order valence-corrected chi connectivity index (χ0v) is 20.1. The minimum absolute atomic E-state index is 0.198. The largest absolute Gasteiger partial charge is 0.480 e. The van der Waals surface area contributed by atoms with E-state index in [-0.39, 0.29) is 5.54 Å². The van der Waals surface area contributed by atoms with Crippen molar-refractivity contribution in [3.63, 3.8) is 0 Å². The van der Waals surface area contributed by atoms with Crippen LogP contribution >= 0.6 is 0 Å². The molecule has 1 aromatic rings. The van der Waals surface area contributed by atoms with Gasteiger partial charge in [0.1, 0.15) is 5.54 Å². The fourth-order valence-electron chi connectivity index (χ4n) is 4.44. The van der Waals surface area contributed by atoms with Crippen molar-refractivity contribution in [1.82, 2.24) is 15.2 Å². The Labute approximate surface area is 194 Å². The summed E-state index contributed by atoms with van der Waals surface area (Å²) in [6, 6.07) is 4.57. The van der Waals surface area contributed by atoms with Gasteiger partial charge in [-0.15, -0.1) is 0 Å². The van der Waals surface area contributed by atoms with Gasteiger partial charge in [0.2, 0.25) is 0 Å². The number of unbranched alkanes of at least 4 members (excludes halogenated alkanes) is 6. The molecule has 4 rings (SSSR count). The van der Waals surface area contributed by atoms with E-state index < -0.39 is 11.5 Å². The van der Waals surface area contributed by atoms with Gasteiger partial charge < -0.3 is 16.2 Å². The lowest BCUT2D eigenvalue weighted by atomic mass is 10.1. The van der Waals surface area contributed by atoms with Crippen molar-refractivity contribution in [1.29, 1.82) is 0 Å². The first-order valence-corrected chi connectivity index (χ1v) is 12.9. The Kier molecular flexibility index (Phi) is 9.50. The molecule has 0 aromatic carbocycles. The van der Waals surface area contributed by atoms with Crippen molar-refractivity contribution >= 4 is 5.97 Å². The second-order valence-corrected chi connectivity index (χ2v) is 10.1. The number of aliphatic carboxylic acids is 1. The van der Waals surface area contributed by atoms with Gasteiger partial charge in [0, 0.05) is 12.7 Å². The Bertz CT molecular complexity index is 710. The van der Waals surface area contributed by atoms with Crippen LogP contribution < -0.4 is 11.1 Å². The van der Waals surface area contributed by atoms with Crippen molar-refractivity contribution in [2.24, 2.45) is 5.73 Å². The molecule has 0 spiro atoms. The summed E-state index contributed by atoms with van der Waals surface area (Å²) >= 11 is 0. The molecule has 180 valence electrons. The maximum absolute atomic E-state index is 9.96. The van der Waals surface area contributed by atoms with Gasteiger partial charge in [-0.3, -0.25) is 14.7 Å². The van der Waals surface area contributed by atoms with Gasteiger partial charge in [-0.2, -0.15) is 0 Å². The van der Waals surface area contributed by atoms with Gasteiger partial charge in [-0.25, -0.2) is 0 Å². The average Bonchev–Trinajstić information content (AvgIpc) is 3.69. The van der Waals surface area contributed by atoms with E-state index >= 15 is 0 Å². The van der Waals surface area contributed by atoms with Gasteiger partial charge in [0.25, 0.3) is 0 Å². The molecular weight excluding hydrogens is 400 g/mol. The second-order valence-electron chi connectivity index (χ2n) is 10.1. The molecule has 2 aliphatic carbocycles. The predicted octanol–water partition coefficient (Wildman–Crippen LogP) is 4.57. The van der Waals surface area contributed by atoms with Crippen LogP contribution in [0.25, 0.3) is 0 Å². The molecule has 4 N–H and O–H groups in total. The number of rotatable bonds is 13. The number of nitrogens with zero attached hydrogens (tertiary/aromatic N) is 2. The van der Waals surface area contributed by atoms with E-state index in [0.717, 1.165) is 13.1 Å². The number of likely N-dealkylation sites (tertiary alicyclic amines) is 1. The molecule has 1 aromatic heterocycles. The molecule has 2 saturated carbocycles. The van der Waals surface area contributed by atoms with Gasteiger partial charge in [0.15, 0.2) is 0 Å². The molecule has 0 amide bonds. The lowest BCUT2D eigenvalue weighted by Gasteiger charge is -2.19. The van der Waals surface area contributed by atoms with Crippen LogP contribution in [0.2, 0.25) is 0 Å². The van der Waals surface area contributed by atoms with E-state index in [2.05, 4.69) is 29.3 Å². The fourth-order valence-corrected chi connectivity index (χ4v) is 4.44. The molecule has 6 heteroatoms. The topological polar surface area (TPSA) is 91.5 Å². The maximum Gasteiger partial charge on any atom is 0.323 e. The zero-order chi connectivity index (χ0) is 22.9. The monoisotopic (exact) mass is 444 g/mol. The first-order valence-electron chi connectivity index (χ1n) is 12.9. The summed E-state index contributed by atoms with van der Waals surface area (Å²) in [5.41, 5.74) is 7.28.